The van der Waals surface area contributed by atoms with Crippen molar-refractivity contribution < 1.29 is 18.4 Å². The number of nitrogens with one attached hydrogen (secondary N) is 2. The molecule has 42 heavy (non-hydrogen) atoms. The van der Waals surface area contributed by atoms with Crippen LogP contribution in [0.2, 0.25) is 5.02 Å². The molecule has 2 fully saturated rings. The molecule has 9 heteroatoms. The molecule has 2 aliphatic heterocycles. The lowest BCUT2D eigenvalue weighted by Gasteiger charge is -2.51. The fourth-order valence-corrected chi connectivity index (χ4v) is 7.57. The van der Waals surface area contributed by atoms with E-state index in [0.29, 0.717) is 30.8 Å². The number of amides is 2. The van der Waals surface area contributed by atoms with Crippen LogP contribution in [0, 0.1) is 11.6 Å². The number of nitrogens with zero attached hydrogens (tertiary/aromatic N) is 2. The number of rotatable bonds is 4. The summed E-state index contributed by atoms with van der Waals surface area (Å²) in [5, 5.41) is 5.85. The van der Waals surface area contributed by atoms with Crippen LogP contribution in [0.1, 0.15) is 60.4 Å². The average molecular weight is 589 g/mol. The van der Waals surface area contributed by atoms with E-state index in [2.05, 4.69) is 27.8 Å². The van der Waals surface area contributed by atoms with E-state index in [1.165, 1.54) is 12.1 Å². The lowest BCUT2D eigenvalue weighted by Crippen LogP contribution is -2.70. The number of hydrogen-bond acceptors (Lipinski definition) is 4. The van der Waals surface area contributed by atoms with Crippen molar-refractivity contribution >= 4 is 35.3 Å². The molecule has 3 aromatic rings. The Morgan fingerprint density at radius 1 is 1.05 bits per heavy atom. The van der Waals surface area contributed by atoms with Crippen molar-refractivity contribution in [2.75, 3.05) is 18.4 Å². The molecule has 7 rings (SSSR count). The summed E-state index contributed by atoms with van der Waals surface area (Å²) in [7, 11) is 0. The normalized spacial score (nSPS) is 26.0. The molecule has 1 saturated heterocycles. The molecule has 0 unspecified atom stereocenters. The van der Waals surface area contributed by atoms with Crippen molar-refractivity contribution in [1.29, 1.82) is 0 Å². The van der Waals surface area contributed by atoms with Gasteiger partial charge in [-0.2, -0.15) is 0 Å². The van der Waals surface area contributed by atoms with Crippen LogP contribution in [-0.2, 0) is 33.4 Å². The zero-order valence-electron chi connectivity index (χ0n) is 23.3. The molecule has 1 saturated carbocycles. The van der Waals surface area contributed by atoms with Crippen molar-refractivity contribution in [2.24, 2.45) is 0 Å². The number of halogens is 3. The van der Waals surface area contributed by atoms with Gasteiger partial charge in [-0.25, -0.2) is 13.8 Å². The highest BCUT2D eigenvalue weighted by molar-refractivity contribution is 6.30. The first kappa shape index (κ1) is 27.2. The lowest BCUT2D eigenvalue weighted by molar-refractivity contribution is -0.149. The summed E-state index contributed by atoms with van der Waals surface area (Å²) in [4.78, 5) is 33.2. The number of hydrogen-bond donors (Lipinski definition) is 2. The number of anilines is 1. The second kappa shape index (κ2) is 9.71. The molecule has 6 nitrogen and oxygen atoms in total. The maximum absolute atomic E-state index is 14.5. The molecule has 0 bridgehead atoms. The Balaban J connectivity index is 1.17. The van der Waals surface area contributed by atoms with Gasteiger partial charge in [-0.15, -0.1) is 0 Å². The highest BCUT2D eigenvalue weighted by Crippen LogP contribution is 2.47. The van der Waals surface area contributed by atoms with Gasteiger partial charge in [0.1, 0.15) is 22.5 Å². The average Bonchev–Trinajstić information content (AvgIpc) is 3.68. The van der Waals surface area contributed by atoms with Crippen LogP contribution in [0.3, 0.4) is 0 Å². The van der Waals surface area contributed by atoms with Gasteiger partial charge >= 0.3 is 0 Å². The second-order valence-corrected chi connectivity index (χ2v) is 12.7. The van der Waals surface area contributed by atoms with Crippen LogP contribution < -0.4 is 10.6 Å². The summed E-state index contributed by atoms with van der Waals surface area (Å²) in [5.74, 6) is -1.12. The number of carbonyl (C=O) groups excluding carboxylic acids is 2. The topological polar surface area (TPSA) is 74.3 Å². The highest BCUT2D eigenvalue weighted by atomic mass is 35.5. The number of fused-ring (bicyclic) bond motifs is 3. The van der Waals surface area contributed by atoms with Crippen LogP contribution in [0.15, 0.2) is 54.7 Å². The Bertz CT molecular complexity index is 1650. The van der Waals surface area contributed by atoms with Crippen LogP contribution >= 0.6 is 11.6 Å². The molecule has 2 spiro atoms. The Morgan fingerprint density at radius 3 is 2.55 bits per heavy atom. The first-order valence-electron chi connectivity index (χ1n) is 14.4. The third kappa shape index (κ3) is 4.02. The maximum Gasteiger partial charge on any atom is 0.243 e. The zero-order valence-corrected chi connectivity index (χ0v) is 24.0. The largest absolute Gasteiger partial charge is 0.327 e. The zero-order chi connectivity index (χ0) is 29.3. The molecule has 0 radical (unpaired) electrons. The van der Waals surface area contributed by atoms with E-state index in [0.717, 1.165) is 47.9 Å². The standard InChI is InChI=1S/C33H31ClF2N4O2/c1-31(23-15-25(35)27(34)26(36)16-23)19-38-33(10-2-3-11-33)30(42)40(31)13-5-6-20-8-9-21-17-32(18-22(21)14-20)24-7-4-12-37-28(24)39-29(32)41/h4-9,12,14-16,38H,2-3,10-11,13,17-19H2,1H3,(H,37,39,41)/b6-5+/t31-,32+/m0/s1. The summed E-state index contributed by atoms with van der Waals surface area (Å²) < 4.78 is 29.1. The van der Waals surface area contributed by atoms with Gasteiger partial charge in [0.15, 0.2) is 0 Å². The van der Waals surface area contributed by atoms with E-state index in [9.17, 15) is 18.4 Å². The van der Waals surface area contributed by atoms with E-state index < -0.39 is 33.1 Å². The number of carbonyl (C=O) groups is 2. The van der Waals surface area contributed by atoms with Gasteiger partial charge < -0.3 is 15.5 Å². The predicted octanol–water partition coefficient (Wildman–Crippen LogP) is 5.68. The van der Waals surface area contributed by atoms with Crippen LogP contribution in [0.25, 0.3) is 6.08 Å². The fourth-order valence-electron chi connectivity index (χ4n) is 7.46. The van der Waals surface area contributed by atoms with E-state index in [4.69, 9.17) is 11.6 Å². The molecule has 1 aromatic heterocycles. The first-order chi connectivity index (χ1) is 20.2. The SMILES string of the molecule is C[C@@]1(c2cc(F)c(Cl)c(F)c2)CNC2(CCCC2)C(=O)N1C/C=C/c1ccc2c(c1)C[C@@]1(C2)C(=O)Nc2ncccc21. The molecular weight excluding hydrogens is 558 g/mol. The Morgan fingerprint density at radius 2 is 1.79 bits per heavy atom. The van der Waals surface area contributed by atoms with Crippen LogP contribution in [0.4, 0.5) is 14.6 Å². The maximum atomic E-state index is 14.5. The smallest absolute Gasteiger partial charge is 0.243 e. The molecule has 216 valence electrons. The van der Waals surface area contributed by atoms with Crippen molar-refractivity contribution in [3.05, 3.63) is 99.2 Å². The molecule has 2 aliphatic carbocycles. The predicted molar refractivity (Wildman–Crippen MR) is 157 cm³/mol. The van der Waals surface area contributed by atoms with Gasteiger partial charge in [-0.05, 0) is 73.1 Å². The van der Waals surface area contributed by atoms with E-state index in [1.807, 2.05) is 37.3 Å². The van der Waals surface area contributed by atoms with Gasteiger partial charge in [-0.1, -0.05) is 60.9 Å². The molecule has 2 aromatic carbocycles. The molecule has 2 atom stereocenters. The molecule has 3 heterocycles. The third-order valence-corrected chi connectivity index (χ3v) is 10.2. The number of benzene rings is 2. The second-order valence-electron chi connectivity index (χ2n) is 12.3. The van der Waals surface area contributed by atoms with Crippen molar-refractivity contribution in [3.63, 3.8) is 0 Å². The molecular formula is C33H31ClF2N4O2. The van der Waals surface area contributed by atoms with Crippen molar-refractivity contribution in [2.45, 2.75) is 61.9 Å². The first-order valence-corrected chi connectivity index (χ1v) is 14.8. The van der Waals surface area contributed by atoms with Crippen LogP contribution in [0.5, 0.6) is 0 Å². The summed E-state index contributed by atoms with van der Waals surface area (Å²) in [5.41, 5.74) is 2.24. The Kier molecular flexibility index (Phi) is 6.29. The van der Waals surface area contributed by atoms with Gasteiger partial charge in [0.05, 0.1) is 16.5 Å². The van der Waals surface area contributed by atoms with Gasteiger partial charge in [0.25, 0.3) is 0 Å². The highest BCUT2D eigenvalue weighted by Gasteiger charge is 2.53. The van der Waals surface area contributed by atoms with E-state index in [-0.39, 0.29) is 18.4 Å². The Labute approximate surface area is 248 Å². The van der Waals surface area contributed by atoms with Crippen molar-refractivity contribution in [3.8, 4) is 0 Å². The number of aromatic nitrogens is 1. The van der Waals surface area contributed by atoms with Gasteiger partial charge in [0.2, 0.25) is 11.8 Å². The third-order valence-electron chi connectivity index (χ3n) is 9.89. The van der Waals surface area contributed by atoms with Gasteiger partial charge in [-0.3, -0.25) is 9.59 Å². The van der Waals surface area contributed by atoms with E-state index >= 15 is 0 Å². The Hall–Kier alpha value is -3.62. The minimum absolute atomic E-state index is 0.0167. The molecule has 2 amide bonds. The van der Waals surface area contributed by atoms with Crippen LogP contribution in [-0.4, -0.2) is 40.3 Å². The lowest BCUT2D eigenvalue weighted by atomic mass is 9.79. The minimum Gasteiger partial charge on any atom is -0.327 e. The summed E-state index contributed by atoms with van der Waals surface area (Å²) >= 11 is 5.78. The van der Waals surface area contributed by atoms with Gasteiger partial charge in [0, 0.05) is 24.8 Å². The van der Waals surface area contributed by atoms with E-state index in [1.54, 1.807) is 11.1 Å². The van der Waals surface area contributed by atoms with Crippen molar-refractivity contribution in [1.82, 2.24) is 15.2 Å². The molecule has 2 N–H and O–H groups in total. The quantitative estimate of drug-likeness (QED) is 0.385. The number of pyridine rings is 1. The minimum atomic E-state index is -0.983. The fraction of sp³-hybridized carbons (Fsp3) is 0.364. The number of piperazine rings is 1. The summed E-state index contributed by atoms with van der Waals surface area (Å²) in [6.07, 6.45) is 10.2. The monoisotopic (exact) mass is 588 g/mol. The summed E-state index contributed by atoms with van der Waals surface area (Å²) in [6.45, 7) is 2.48. The summed E-state index contributed by atoms with van der Waals surface area (Å²) in [6, 6.07) is 12.5. The molecule has 4 aliphatic rings.